The molecule has 2 saturated heterocycles. The Morgan fingerprint density at radius 1 is 1.11 bits per heavy atom. The molecule has 1 N–H and O–H groups in total. The molecule has 0 spiro atoms. The van der Waals surface area contributed by atoms with Gasteiger partial charge in [0.25, 0.3) is 11.7 Å². The van der Waals surface area contributed by atoms with Crippen molar-refractivity contribution >= 4 is 27.5 Å². The van der Waals surface area contributed by atoms with Crippen LogP contribution in [-0.4, -0.2) is 81.0 Å². The third-order valence-corrected chi connectivity index (χ3v) is 8.14. The van der Waals surface area contributed by atoms with Gasteiger partial charge in [0.1, 0.15) is 11.6 Å². The molecule has 0 aliphatic carbocycles. The van der Waals surface area contributed by atoms with Crippen LogP contribution in [0.4, 0.5) is 4.39 Å². The number of amides is 1. The standard InChI is InChI=1S/C25H27FN2O7S/c1-34-14-4-11-28-22(19-5-2-3-6-20(19)26)21(24(30)25(28)31)23(29)17-7-9-18(10-8-17)36(32,33)27-12-15-35-16-13-27/h2-3,5-10,22,29H,4,11-16H2,1H3/b23-21-. The SMILES string of the molecule is COCCCN1C(=O)C(=O)/C(=C(\O)c2ccc(S(=O)(=O)N3CCOCC3)cc2)C1c1ccccc1F. The van der Waals surface area contributed by atoms with Gasteiger partial charge in [-0.05, 0) is 36.8 Å². The number of sulfonamides is 1. The van der Waals surface area contributed by atoms with Gasteiger partial charge in [0.2, 0.25) is 10.0 Å². The van der Waals surface area contributed by atoms with Gasteiger partial charge < -0.3 is 19.5 Å². The Kier molecular flexibility index (Phi) is 7.84. The molecule has 0 aromatic heterocycles. The molecular weight excluding hydrogens is 491 g/mol. The average Bonchev–Trinajstić information content (AvgIpc) is 3.14. The summed E-state index contributed by atoms with van der Waals surface area (Å²) in [6, 6.07) is 9.98. The van der Waals surface area contributed by atoms with Crippen LogP contribution in [0.1, 0.15) is 23.6 Å². The maximum absolute atomic E-state index is 14.8. The molecule has 2 heterocycles. The maximum atomic E-state index is 14.8. The Labute approximate surface area is 208 Å². The Balaban J connectivity index is 1.73. The number of nitrogens with zero attached hydrogens (tertiary/aromatic N) is 2. The molecular formula is C25H27FN2O7S. The van der Waals surface area contributed by atoms with Crippen molar-refractivity contribution in [3.8, 4) is 0 Å². The van der Waals surface area contributed by atoms with Gasteiger partial charge in [-0.1, -0.05) is 18.2 Å². The van der Waals surface area contributed by atoms with Crippen LogP contribution in [0, 0.1) is 5.82 Å². The summed E-state index contributed by atoms with van der Waals surface area (Å²) >= 11 is 0. The second-order valence-electron chi connectivity index (χ2n) is 8.40. The zero-order valence-corrected chi connectivity index (χ0v) is 20.5. The predicted octanol–water partition coefficient (Wildman–Crippen LogP) is 2.30. The maximum Gasteiger partial charge on any atom is 0.295 e. The van der Waals surface area contributed by atoms with Gasteiger partial charge >= 0.3 is 0 Å². The minimum absolute atomic E-state index is 0.0200. The number of likely N-dealkylation sites (tertiary alicyclic amines) is 1. The van der Waals surface area contributed by atoms with Gasteiger partial charge in [0.05, 0.1) is 29.7 Å². The first-order valence-corrected chi connectivity index (χ1v) is 12.9. The quantitative estimate of drug-likeness (QED) is 0.247. The van der Waals surface area contributed by atoms with Gasteiger partial charge in [-0.2, -0.15) is 4.31 Å². The molecule has 1 atom stereocenters. The molecule has 2 fully saturated rings. The Bertz CT molecular complexity index is 1270. The number of carbonyl (C=O) groups is 2. The minimum Gasteiger partial charge on any atom is -0.507 e. The Morgan fingerprint density at radius 2 is 1.78 bits per heavy atom. The lowest BCUT2D eigenvalue weighted by atomic mass is 9.95. The summed E-state index contributed by atoms with van der Waals surface area (Å²) in [7, 11) is -2.25. The molecule has 2 aromatic rings. The lowest BCUT2D eigenvalue weighted by Gasteiger charge is -2.26. The molecule has 1 amide bonds. The second kappa shape index (κ2) is 10.9. The van der Waals surface area contributed by atoms with E-state index in [2.05, 4.69) is 0 Å². The molecule has 2 aromatic carbocycles. The highest BCUT2D eigenvalue weighted by Gasteiger charge is 2.46. The predicted molar refractivity (Wildman–Crippen MR) is 128 cm³/mol. The largest absolute Gasteiger partial charge is 0.507 e. The first kappa shape index (κ1) is 26.0. The molecule has 2 aliphatic heterocycles. The van der Waals surface area contributed by atoms with E-state index in [4.69, 9.17) is 9.47 Å². The highest BCUT2D eigenvalue weighted by atomic mass is 32.2. The van der Waals surface area contributed by atoms with Crippen molar-refractivity contribution in [3.05, 3.63) is 71.0 Å². The molecule has 192 valence electrons. The molecule has 11 heteroatoms. The first-order valence-electron chi connectivity index (χ1n) is 11.5. The average molecular weight is 519 g/mol. The summed E-state index contributed by atoms with van der Waals surface area (Å²) in [6.45, 7) is 1.52. The van der Waals surface area contributed by atoms with Crippen molar-refractivity contribution in [1.29, 1.82) is 0 Å². The highest BCUT2D eigenvalue weighted by Crippen LogP contribution is 2.40. The molecule has 0 radical (unpaired) electrons. The van der Waals surface area contributed by atoms with Gasteiger partial charge in [-0.15, -0.1) is 0 Å². The fourth-order valence-electron chi connectivity index (χ4n) is 4.39. The summed E-state index contributed by atoms with van der Waals surface area (Å²) in [5.41, 5.74) is -0.0550. The second-order valence-corrected chi connectivity index (χ2v) is 10.3. The number of benzene rings is 2. The number of ketones is 1. The summed E-state index contributed by atoms with van der Waals surface area (Å²) in [5, 5.41) is 11.1. The van der Waals surface area contributed by atoms with E-state index in [1.165, 1.54) is 58.8 Å². The molecule has 9 nitrogen and oxygen atoms in total. The summed E-state index contributed by atoms with van der Waals surface area (Å²) in [4.78, 5) is 27.1. The van der Waals surface area contributed by atoms with E-state index in [0.717, 1.165) is 0 Å². The number of methoxy groups -OCH3 is 1. The van der Waals surface area contributed by atoms with Crippen molar-refractivity contribution in [2.45, 2.75) is 17.4 Å². The molecule has 2 aliphatic rings. The molecule has 1 unspecified atom stereocenters. The zero-order valence-electron chi connectivity index (χ0n) is 19.7. The Morgan fingerprint density at radius 3 is 2.42 bits per heavy atom. The first-order chi connectivity index (χ1) is 17.3. The highest BCUT2D eigenvalue weighted by molar-refractivity contribution is 7.89. The monoisotopic (exact) mass is 518 g/mol. The van der Waals surface area contributed by atoms with Gasteiger partial charge in [-0.3, -0.25) is 9.59 Å². The number of aliphatic hydroxyl groups excluding tert-OH is 1. The van der Waals surface area contributed by atoms with Gasteiger partial charge in [0, 0.05) is 44.5 Å². The van der Waals surface area contributed by atoms with E-state index < -0.39 is 39.3 Å². The van der Waals surface area contributed by atoms with Crippen LogP contribution in [0.5, 0.6) is 0 Å². The number of hydrogen-bond donors (Lipinski definition) is 1. The molecule has 0 saturated carbocycles. The van der Waals surface area contributed by atoms with Crippen LogP contribution in [0.15, 0.2) is 59.0 Å². The molecule has 4 rings (SSSR count). The topological polar surface area (TPSA) is 113 Å². The molecule has 0 bridgehead atoms. The minimum atomic E-state index is -3.76. The van der Waals surface area contributed by atoms with Crippen LogP contribution < -0.4 is 0 Å². The molecule has 36 heavy (non-hydrogen) atoms. The zero-order chi connectivity index (χ0) is 25.9. The van der Waals surface area contributed by atoms with Crippen LogP contribution in [-0.2, 0) is 29.1 Å². The lowest BCUT2D eigenvalue weighted by molar-refractivity contribution is -0.140. The van der Waals surface area contributed by atoms with Crippen molar-refractivity contribution in [1.82, 2.24) is 9.21 Å². The Hall–Kier alpha value is -3.12. The van der Waals surface area contributed by atoms with E-state index in [-0.39, 0.29) is 41.2 Å². The summed E-state index contributed by atoms with van der Waals surface area (Å²) in [5.74, 6) is -2.93. The fraction of sp³-hybridized carbons (Fsp3) is 0.360. The van der Waals surface area contributed by atoms with Crippen molar-refractivity contribution in [2.24, 2.45) is 0 Å². The number of ether oxygens (including phenoxy) is 2. The third-order valence-electron chi connectivity index (χ3n) is 6.22. The number of aliphatic hydroxyl groups is 1. The number of hydrogen-bond acceptors (Lipinski definition) is 7. The lowest BCUT2D eigenvalue weighted by Crippen LogP contribution is -2.40. The number of morpholine rings is 1. The van der Waals surface area contributed by atoms with Crippen molar-refractivity contribution in [3.63, 3.8) is 0 Å². The summed E-state index contributed by atoms with van der Waals surface area (Å²) in [6.07, 6.45) is 0.405. The summed E-state index contributed by atoms with van der Waals surface area (Å²) < 4.78 is 52.2. The van der Waals surface area contributed by atoms with Crippen LogP contribution in [0.3, 0.4) is 0 Å². The number of halogens is 1. The van der Waals surface area contributed by atoms with Crippen molar-refractivity contribution < 1.29 is 37.0 Å². The van der Waals surface area contributed by atoms with E-state index >= 15 is 0 Å². The van der Waals surface area contributed by atoms with E-state index in [1.54, 1.807) is 6.07 Å². The number of Topliss-reactive ketones (excluding diaryl/α,β-unsaturated/α-hetero) is 1. The number of carbonyl (C=O) groups excluding carboxylic acids is 2. The smallest absolute Gasteiger partial charge is 0.295 e. The fourth-order valence-corrected chi connectivity index (χ4v) is 5.79. The van der Waals surface area contributed by atoms with E-state index in [0.29, 0.717) is 26.2 Å². The van der Waals surface area contributed by atoms with Gasteiger partial charge in [-0.25, -0.2) is 12.8 Å². The van der Waals surface area contributed by atoms with Crippen LogP contribution in [0.2, 0.25) is 0 Å². The third kappa shape index (κ3) is 4.92. The normalized spacial score (nSPS) is 20.7. The van der Waals surface area contributed by atoms with Crippen LogP contribution in [0.25, 0.3) is 5.76 Å². The number of rotatable bonds is 8. The van der Waals surface area contributed by atoms with Crippen LogP contribution >= 0.6 is 0 Å². The van der Waals surface area contributed by atoms with Gasteiger partial charge in [0.15, 0.2) is 0 Å². The van der Waals surface area contributed by atoms with E-state index in [9.17, 15) is 27.5 Å². The van der Waals surface area contributed by atoms with E-state index in [1.807, 2.05) is 0 Å². The van der Waals surface area contributed by atoms with Crippen molar-refractivity contribution in [2.75, 3.05) is 46.6 Å².